The average Bonchev–Trinajstić information content (AvgIpc) is 3.25. The molecule has 29 heavy (non-hydrogen) atoms. The van der Waals surface area contributed by atoms with Gasteiger partial charge in [0.05, 0.1) is 17.0 Å². The number of fused-ring (bicyclic) bond motifs is 3. The molecule has 5 rings (SSSR count). The van der Waals surface area contributed by atoms with Crippen LogP contribution in [0, 0.1) is 11.7 Å². The molecule has 4 heterocycles. The largest absolute Gasteiger partial charge is 0.354 e. The fourth-order valence-electron chi connectivity index (χ4n) is 3.99. The highest BCUT2D eigenvalue weighted by Crippen LogP contribution is 2.29. The van der Waals surface area contributed by atoms with E-state index < -0.39 is 0 Å². The molecule has 0 spiro atoms. The minimum absolute atomic E-state index is 0.0494. The number of piperidine rings is 1. The van der Waals surface area contributed by atoms with Crippen molar-refractivity contribution in [3.8, 4) is 0 Å². The van der Waals surface area contributed by atoms with Gasteiger partial charge in [-0.1, -0.05) is 0 Å². The smallest absolute Gasteiger partial charge is 0.229 e. The SMILES string of the molecule is O=C(Nc1ccc(F)cc1)C1CCCN(c2nc3ncccc3n3cccc23)C1. The van der Waals surface area contributed by atoms with Gasteiger partial charge in [0.15, 0.2) is 11.5 Å². The number of carbonyl (C=O) groups excluding carboxylic acids is 1. The minimum Gasteiger partial charge on any atom is -0.354 e. The van der Waals surface area contributed by atoms with Gasteiger partial charge in [-0.25, -0.2) is 14.4 Å². The maximum Gasteiger partial charge on any atom is 0.229 e. The molecule has 1 fully saturated rings. The van der Waals surface area contributed by atoms with Gasteiger partial charge in [0, 0.05) is 31.2 Å². The Bertz CT molecular complexity index is 1190. The molecule has 7 heteroatoms. The highest BCUT2D eigenvalue weighted by atomic mass is 19.1. The number of pyridine rings is 1. The summed E-state index contributed by atoms with van der Waals surface area (Å²) in [6, 6.07) is 13.8. The third kappa shape index (κ3) is 3.29. The number of nitrogens with zero attached hydrogens (tertiary/aromatic N) is 4. The summed E-state index contributed by atoms with van der Waals surface area (Å²) in [5.41, 5.74) is 3.25. The standard InChI is InChI=1S/C22H20FN5O/c23-16-7-9-17(10-8-16)25-22(29)15-4-2-12-27(14-15)21-19-6-3-13-28(19)18-5-1-11-24-20(18)26-21/h1,3,5-11,13,15H,2,4,12,14H2,(H,25,29). The van der Waals surface area contributed by atoms with Gasteiger partial charge in [-0.3, -0.25) is 4.79 Å². The molecule has 0 saturated carbocycles. The Kier molecular flexibility index (Phi) is 4.35. The van der Waals surface area contributed by atoms with Crippen molar-refractivity contribution < 1.29 is 9.18 Å². The van der Waals surface area contributed by atoms with Crippen LogP contribution in [0.15, 0.2) is 60.9 Å². The fraction of sp³-hybridized carbons (Fsp3) is 0.227. The lowest BCUT2D eigenvalue weighted by atomic mass is 9.97. The van der Waals surface area contributed by atoms with E-state index in [-0.39, 0.29) is 17.6 Å². The van der Waals surface area contributed by atoms with Crippen LogP contribution in [0.1, 0.15) is 12.8 Å². The van der Waals surface area contributed by atoms with Gasteiger partial charge in [0.25, 0.3) is 0 Å². The summed E-state index contributed by atoms with van der Waals surface area (Å²) >= 11 is 0. The average molecular weight is 389 g/mol. The van der Waals surface area contributed by atoms with E-state index in [4.69, 9.17) is 4.98 Å². The van der Waals surface area contributed by atoms with Gasteiger partial charge in [0.1, 0.15) is 5.82 Å². The summed E-state index contributed by atoms with van der Waals surface area (Å²) in [5, 5.41) is 2.90. The molecule has 1 amide bonds. The number of benzene rings is 1. The Morgan fingerprint density at radius 1 is 1.10 bits per heavy atom. The number of carbonyl (C=O) groups is 1. The summed E-state index contributed by atoms with van der Waals surface area (Å²) in [6.07, 6.45) is 5.46. The molecule has 1 unspecified atom stereocenters. The van der Waals surface area contributed by atoms with E-state index in [2.05, 4.69) is 19.6 Å². The van der Waals surface area contributed by atoms with Gasteiger partial charge in [0.2, 0.25) is 5.91 Å². The molecule has 4 aromatic rings. The first-order chi connectivity index (χ1) is 14.2. The highest BCUT2D eigenvalue weighted by Gasteiger charge is 2.28. The number of aromatic nitrogens is 3. The van der Waals surface area contributed by atoms with Crippen molar-refractivity contribution in [2.45, 2.75) is 12.8 Å². The van der Waals surface area contributed by atoms with Gasteiger partial charge < -0.3 is 14.6 Å². The zero-order valence-corrected chi connectivity index (χ0v) is 15.8. The lowest BCUT2D eigenvalue weighted by Gasteiger charge is -2.33. The number of halogens is 1. The van der Waals surface area contributed by atoms with Crippen molar-refractivity contribution in [3.63, 3.8) is 0 Å². The second-order valence-electron chi connectivity index (χ2n) is 7.33. The lowest BCUT2D eigenvalue weighted by Crippen LogP contribution is -2.41. The number of hydrogen-bond acceptors (Lipinski definition) is 4. The Morgan fingerprint density at radius 2 is 1.93 bits per heavy atom. The van der Waals surface area contributed by atoms with Gasteiger partial charge in [-0.2, -0.15) is 0 Å². The van der Waals surface area contributed by atoms with Crippen molar-refractivity contribution >= 4 is 34.1 Å². The molecule has 1 N–H and O–H groups in total. The molecule has 1 aromatic carbocycles. The fourth-order valence-corrected chi connectivity index (χ4v) is 3.99. The van der Waals surface area contributed by atoms with Crippen LogP contribution in [-0.2, 0) is 4.79 Å². The maximum absolute atomic E-state index is 13.1. The first-order valence-electron chi connectivity index (χ1n) is 9.72. The first kappa shape index (κ1) is 17.6. The normalized spacial score (nSPS) is 17.0. The van der Waals surface area contributed by atoms with E-state index in [1.807, 2.05) is 30.5 Å². The molecule has 1 atom stereocenters. The molecular weight excluding hydrogens is 369 g/mol. The van der Waals surface area contributed by atoms with E-state index in [9.17, 15) is 9.18 Å². The molecule has 6 nitrogen and oxygen atoms in total. The van der Waals surface area contributed by atoms with Gasteiger partial charge in [-0.15, -0.1) is 0 Å². The number of anilines is 2. The quantitative estimate of drug-likeness (QED) is 0.578. The van der Waals surface area contributed by atoms with E-state index in [0.29, 0.717) is 17.9 Å². The van der Waals surface area contributed by atoms with E-state index >= 15 is 0 Å². The Morgan fingerprint density at radius 3 is 2.79 bits per heavy atom. The summed E-state index contributed by atoms with van der Waals surface area (Å²) in [6.45, 7) is 1.42. The van der Waals surface area contributed by atoms with Gasteiger partial charge in [-0.05, 0) is 61.4 Å². The van der Waals surface area contributed by atoms with Crippen molar-refractivity contribution in [2.75, 3.05) is 23.3 Å². The van der Waals surface area contributed by atoms with Crippen molar-refractivity contribution in [1.29, 1.82) is 0 Å². The third-order valence-corrected chi connectivity index (χ3v) is 5.42. The molecule has 0 bridgehead atoms. The lowest BCUT2D eigenvalue weighted by molar-refractivity contribution is -0.120. The highest BCUT2D eigenvalue weighted by molar-refractivity contribution is 5.93. The Labute approximate surface area is 167 Å². The first-order valence-corrected chi connectivity index (χ1v) is 9.72. The third-order valence-electron chi connectivity index (χ3n) is 5.42. The summed E-state index contributed by atoms with van der Waals surface area (Å²) in [4.78, 5) is 24.2. The molecule has 1 saturated heterocycles. The zero-order valence-electron chi connectivity index (χ0n) is 15.8. The number of hydrogen-bond donors (Lipinski definition) is 1. The topological polar surface area (TPSA) is 62.5 Å². The summed E-state index contributed by atoms with van der Waals surface area (Å²) < 4.78 is 15.2. The van der Waals surface area contributed by atoms with E-state index in [0.717, 1.165) is 36.2 Å². The van der Waals surface area contributed by atoms with Gasteiger partial charge >= 0.3 is 0 Å². The van der Waals surface area contributed by atoms with Crippen LogP contribution in [0.3, 0.4) is 0 Å². The van der Waals surface area contributed by atoms with Crippen molar-refractivity contribution in [3.05, 3.63) is 66.7 Å². The molecule has 1 aliphatic heterocycles. The van der Waals surface area contributed by atoms with Crippen molar-refractivity contribution in [1.82, 2.24) is 14.4 Å². The predicted molar refractivity (Wildman–Crippen MR) is 110 cm³/mol. The van der Waals surface area contributed by atoms with Crippen LogP contribution in [0.2, 0.25) is 0 Å². The number of amides is 1. The van der Waals surface area contributed by atoms with E-state index in [1.165, 1.54) is 12.1 Å². The molecule has 146 valence electrons. The second kappa shape index (κ2) is 7.16. The van der Waals surface area contributed by atoms with Crippen LogP contribution < -0.4 is 10.2 Å². The number of nitrogens with one attached hydrogen (secondary N) is 1. The Hall–Kier alpha value is -3.48. The van der Waals surface area contributed by atoms with Crippen LogP contribution in [0.4, 0.5) is 15.9 Å². The zero-order chi connectivity index (χ0) is 19.8. The summed E-state index contributed by atoms with van der Waals surface area (Å²) in [5.74, 6) is 0.316. The molecule has 1 aliphatic rings. The Balaban J connectivity index is 1.42. The van der Waals surface area contributed by atoms with E-state index in [1.54, 1.807) is 18.3 Å². The molecule has 3 aromatic heterocycles. The van der Waals surface area contributed by atoms with Crippen molar-refractivity contribution in [2.24, 2.45) is 5.92 Å². The van der Waals surface area contributed by atoms with Crippen LogP contribution in [-0.4, -0.2) is 33.4 Å². The van der Waals surface area contributed by atoms with Crippen LogP contribution >= 0.6 is 0 Å². The maximum atomic E-state index is 13.1. The number of rotatable bonds is 3. The minimum atomic E-state index is -0.320. The molecule has 0 aliphatic carbocycles. The predicted octanol–water partition coefficient (Wildman–Crippen LogP) is 3.88. The summed E-state index contributed by atoms with van der Waals surface area (Å²) in [7, 11) is 0. The van der Waals surface area contributed by atoms with Crippen LogP contribution in [0.5, 0.6) is 0 Å². The molecular formula is C22H20FN5O. The second-order valence-corrected chi connectivity index (χ2v) is 7.33. The monoisotopic (exact) mass is 389 g/mol. The molecule has 0 radical (unpaired) electrons. The van der Waals surface area contributed by atoms with Crippen LogP contribution in [0.25, 0.3) is 16.7 Å².